The molecule has 0 amide bonds. The number of hydrogen-bond donors (Lipinski definition) is 1. The van der Waals surface area contributed by atoms with Crippen LogP contribution in [0.1, 0.15) is 13.3 Å². The van der Waals surface area contributed by atoms with Crippen molar-refractivity contribution in [1.29, 1.82) is 0 Å². The highest BCUT2D eigenvalue weighted by atomic mass is 32.1. The van der Waals surface area contributed by atoms with Crippen molar-refractivity contribution in [2.45, 2.75) is 19.4 Å². The number of thiophene rings is 1. The van der Waals surface area contributed by atoms with Crippen molar-refractivity contribution in [3.63, 3.8) is 0 Å². The summed E-state index contributed by atoms with van der Waals surface area (Å²) in [5.41, 5.74) is 1.03. The SMILES string of the molecule is CCCNCC1COCCN1c1ncnc2ccsc12. The van der Waals surface area contributed by atoms with Crippen molar-refractivity contribution in [3.05, 3.63) is 17.8 Å². The van der Waals surface area contributed by atoms with Crippen LogP contribution in [0.4, 0.5) is 5.82 Å². The van der Waals surface area contributed by atoms with E-state index in [1.165, 1.54) is 4.70 Å². The van der Waals surface area contributed by atoms with E-state index in [1.54, 1.807) is 17.7 Å². The number of nitrogens with one attached hydrogen (secondary N) is 1. The van der Waals surface area contributed by atoms with Gasteiger partial charge >= 0.3 is 0 Å². The molecular weight excluding hydrogens is 272 g/mol. The molecule has 1 saturated heterocycles. The minimum Gasteiger partial charge on any atom is -0.377 e. The molecule has 0 saturated carbocycles. The number of morpholine rings is 1. The van der Waals surface area contributed by atoms with Crippen LogP contribution in [0.25, 0.3) is 10.2 Å². The van der Waals surface area contributed by atoms with Crippen LogP contribution in [0.15, 0.2) is 17.8 Å². The molecule has 1 aliphatic heterocycles. The Morgan fingerprint density at radius 2 is 2.45 bits per heavy atom. The lowest BCUT2D eigenvalue weighted by Crippen LogP contribution is -2.51. The zero-order valence-corrected chi connectivity index (χ0v) is 12.5. The zero-order valence-electron chi connectivity index (χ0n) is 11.7. The molecule has 3 rings (SSSR count). The smallest absolute Gasteiger partial charge is 0.150 e. The molecule has 1 fully saturated rings. The molecule has 1 atom stereocenters. The zero-order chi connectivity index (χ0) is 13.8. The largest absolute Gasteiger partial charge is 0.377 e. The Hall–Kier alpha value is -1.24. The summed E-state index contributed by atoms with van der Waals surface area (Å²) < 4.78 is 6.81. The van der Waals surface area contributed by atoms with Crippen LogP contribution < -0.4 is 10.2 Å². The summed E-state index contributed by atoms with van der Waals surface area (Å²) in [7, 11) is 0. The van der Waals surface area contributed by atoms with Crippen LogP contribution in [0, 0.1) is 0 Å². The molecule has 0 aliphatic carbocycles. The number of hydrogen-bond acceptors (Lipinski definition) is 6. The van der Waals surface area contributed by atoms with Gasteiger partial charge < -0.3 is 15.0 Å². The van der Waals surface area contributed by atoms with Crippen molar-refractivity contribution in [2.75, 3.05) is 37.7 Å². The van der Waals surface area contributed by atoms with E-state index in [-0.39, 0.29) is 0 Å². The second-order valence-corrected chi connectivity index (χ2v) is 5.87. The standard InChI is InChI=1S/C14H20N4OS/c1-2-4-15-8-11-9-19-6-5-18(11)14-13-12(3-7-20-13)16-10-17-14/h3,7,10-11,15H,2,4-6,8-9H2,1H3. The summed E-state index contributed by atoms with van der Waals surface area (Å²) in [5, 5.41) is 5.56. The molecule has 1 unspecified atom stereocenters. The molecule has 0 bridgehead atoms. The number of rotatable bonds is 5. The Balaban J connectivity index is 1.83. The molecule has 108 valence electrons. The Morgan fingerprint density at radius 3 is 3.35 bits per heavy atom. The van der Waals surface area contributed by atoms with Gasteiger partial charge in [0.2, 0.25) is 0 Å². The highest BCUT2D eigenvalue weighted by Crippen LogP contribution is 2.29. The van der Waals surface area contributed by atoms with Gasteiger partial charge in [-0.1, -0.05) is 6.92 Å². The second-order valence-electron chi connectivity index (χ2n) is 4.96. The Bertz CT molecular complexity index is 559. The molecule has 3 heterocycles. The average molecular weight is 292 g/mol. The van der Waals surface area contributed by atoms with E-state index < -0.39 is 0 Å². The van der Waals surface area contributed by atoms with Crippen molar-refractivity contribution in [2.24, 2.45) is 0 Å². The third kappa shape index (κ3) is 2.77. The van der Waals surface area contributed by atoms with Gasteiger partial charge in [-0.05, 0) is 24.4 Å². The summed E-state index contributed by atoms with van der Waals surface area (Å²) >= 11 is 1.71. The topological polar surface area (TPSA) is 50.3 Å². The van der Waals surface area contributed by atoms with Gasteiger partial charge in [0.05, 0.1) is 29.5 Å². The van der Waals surface area contributed by atoms with E-state index in [4.69, 9.17) is 4.74 Å². The first-order chi connectivity index (χ1) is 9.90. The van der Waals surface area contributed by atoms with Crippen molar-refractivity contribution < 1.29 is 4.74 Å². The summed E-state index contributed by atoms with van der Waals surface area (Å²) in [4.78, 5) is 11.2. The average Bonchev–Trinajstić information content (AvgIpc) is 2.96. The lowest BCUT2D eigenvalue weighted by molar-refractivity contribution is 0.0935. The van der Waals surface area contributed by atoms with Crippen LogP contribution >= 0.6 is 11.3 Å². The predicted molar refractivity (Wildman–Crippen MR) is 82.5 cm³/mol. The quantitative estimate of drug-likeness (QED) is 0.853. The predicted octanol–water partition coefficient (Wildman–Crippen LogP) is 1.90. The maximum absolute atomic E-state index is 5.64. The van der Waals surface area contributed by atoms with E-state index in [0.29, 0.717) is 6.04 Å². The lowest BCUT2D eigenvalue weighted by Gasteiger charge is -2.36. The van der Waals surface area contributed by atoms with Crippen LogP contribution in [0.5, 0.6) is 0 Å². The first-order valence-corrected chi connectivity index (χ1v) is 8.01. The first-order valence-electron chi connectivity index (χ1n) is 7.13. The molecule has 5 nitrogen and oxygen atoms in total. The third-order valence-electron chi connectivity index (χ3n) is 3.53. The highest BCUT2D eigenvalue weighted by molar-refractivity contribution is 7.17. The molecule has 1 N–H and O–H groups in total. The van der Waals surface area contributed by atoms with E-state index in [9.17, 15) is 0 Å². The fourth-order valence-corrected chi connectivity index (χ4v) is 3.38. The normalized spacial score (nSPS) is 19.6. The Kier molecular flexibility index (Phi) is 4.44. The minimum atomic E-state index is 0.343. The van der Waals surface area contributed by atoms with Gasteiger partial charge in [-0.3, -0.25) is 0 Å². The third-order valence-corrected chi connectivity index (χ3v) is 4.43. The van der Waals surface area contributed by atoms with Crippen molar-refractivity contribution in [1.82, 2.24) is 15.3 Å². The molecule has 0 aromatic carbocycles. The fraction of sp³-hybridized carbons (Fsp3) is 0.571. The molecule has 0 spiro atoms. The van der Waals surface area contributed by atoms with Crippen LogP contribution in [0.3, 0.4) is 0 Å². The van der Waals surface area contributed by atoms with Crippen molar-refractivity contribution in [3.8, 4) is 0 Å². The highest BCUT2D eigenvalue weighted by Gasteiger charge is 2.25. The molecule has 6 heteroatoms. The van der Waals surface area contributed by atoms with Gasteiger partial charge in [0, 0.05) is 13.1 Å². The minimum absolute atomic E-state index is 0.343. The van der Waals surface area contributed by atoms with Gasteiger partial charge in [-0.15, -0.1) is 11.3 Å². The van der Waals surface area contributed by atoms with Gasteiger partial charge in [0.25, 0.3) is 0 Å². The van der Waals surface area contributed by atoms with Gasteiger partial charge in [-0.25, -0.2) is 9.97 Å². The van der Waals surface area contributed by atoms with E-state index in [1.807, 2.05) is 0 Å². The molecule has 0 radical (unpaired) electrons. The van der Waals surface area contributed by atoms with E-state index in [0.717, 1.165) is 50.6 Å². The number of nitrogens with zero attached hydrogens (tertiary/aromatic N) is 3. The number of fused-ring (bicyclic) bond motifs is 1. The maximum Gasteiger partial charge on any atom is 0.150 e. The molecule has 2 aromatic heterocycles. The Morgan fingerprint density at radius 1 is 1.50 bits per heavy atom. The summed E-state index contributed by atoms with van der Waals surface area (Å²) in [5.74, 6) is 1.05. The monoisotopic (exact) mass is 292 g/mol. The second kappa shape index (κ2) is 6.47. The first kappa shape index (κ1) is 13.7. The molecule has 2 aromatic rings. The number of anilines is 1. The number of aromatic nitrogens is 2. The van der Waals surface area contributed by atoms with Crippen molar-refractivity contribution >= 4 is 27.4 Å². The van der Waals surface area contributed by atoms with Gasteiger partial charge in [-0.2, -0.15) is 0 Å². The number of ether oxygens (including phenoxy) is 1. The molecule has 20 heavy (non-hydrogen) atoms. The summed E-state index contributed by atoms with van der Waals surface area (Å²) in [6.07, 6.45) is 2.81. The lowest BCUT2D eigenvalue weighted by atomic mass is 10.2. The van der Waals surface area contributed by atoms with Crippen LogP contribution in [-0.4, -0.2) is 48.9 Å². The van der Waals surface area contributed by atoms with Gasteiger partial charge in [0.1, 0.15) is 12.1 Å². The van der Waals surface area contributed by atoms with Crippen LogP contribution in [0.2, 0.25) is 0 Å². The fourth-order valence-electron chi connectivity index (χ4n) is 2.53. The van der Waals surface area contributed by atoms with Crippen LogP contribution in [-0.2, 0) is 4.74 Å². The van der Waals surface area contributed by atoms with Gasteiger partial charge in [0.15, 0.2) is 0 Å². The molecule has 1 aliphatic rings. The van der Waals surface area contributed by atoms with E-state index in [2.05, 4.69) is 38.6 Å². The Labute approximate surface area is 123 Å². The summed E-state index contributed by atoms with van der Waals surface area (Å²) in [6.45, 7) is 6.58. The molecular formula is C14H20N4OS. The summed E-state index contributed by atoms with van der Waals surface area (Å²) in [6, 6.07) is 2.39. The van der Waals surface area contributed by atoms with E-state index >= 15 is 0 Å². The maximum atomic E-state index is 5.64.